The Morgan fingerprint density at radius 2 is 2.37 bits per heavy atom. The van der Waals surface area contributed by atoms with Gasteiger partial charge in [-0.15, -0.1) is 0 Å². The van der Waals surface area contributed by atoms with Crippen LogP contribution in [0, 0.1) is 11.8 Å². The van der Waals surface area contributed by atoms with Gasteiger partial charge in [0.05, 0.1) is 0 Å². The average molecular weight is 259 g/mol. The summed E-state index contributed by atoms with van der Waals surface area (Å²) in [5.74, 6) is 0.869. The number of nitrogens with one attached hydrogen (secondary N) is 1. The van der Waals surface area contributed by atoms with Crippen molar-refractivity contribution in [3.63, 3.8) is 0 Å². The number of piperidine rings is 1. The van der Waals surface area contributed by atoms with E-state index in [-0.39, 0.29) is 17.9 Å². The third kappa shape index (κ3) is 2.32. The van der Waals surface area contributed by atoms with Gasteiger partial charge >= 0.3 is 0 Å². The fourth-order valence-electron chi connectivity index (χ4n) is 2.92. The Balaban J connectivity index is 1.62. The number of likely N-dealkylation sites (tertiary alicyclic amines) is 1. The Labute approximate surface area is 112 Å². The predicted octanol–water partition coefficient (Wildman–Crippen LogP) is 0.565. The number of hydrogen-bond acceptors (Lipinski definition) is 3. The standard InChI is InChI=1S/C14H17N3O2/c1-9(18)17-8-11-5-12(11)13(17)14(19)16-7-10-3-2-4-15-6-10/h2-4,6,11-13H,5,7-8H2,1H3,(H,16,19)/t11?,12-,13?/m1/s1. The maximum atomic E-state index is 12.2. The Morgan fingerprint density at radius 3 is 3.05 bits per heavy atom. The number of carbonyl (C=O) groups is 2. The number of aromatic nitrogens is 1. The molecule has 100 valence electrons. The third-order valence-electron chi connectivity index (χ3n) is 4.01. The van der Waals surface area contributed by atoms with Crippen LogP contribution in [0.5, 0.6) is 0 Å². The molecule has 19 heavy (non-hydrogen) atoms. The lowest BCUT2D eigenvalue weighted by Crippen LogP contribution is -2.47. The van der Waals surface area contributed by atoms with Crippen LogP contribution in [0.1, 0.15) is 18.9 Å². The van der Waals surface area contributed by atoms with E-state index in [1.54, 1.807) is 17.3 Å². The smallest absolute Gasteiger partial charge is 0.243 e. The van der Waals surface area contributed by atoms with Crippen LogP contribution in [-0.2, 0) is 16.1 Å². The van der Waals surface area contributed by atoms with E-state index in [9.17, 15) is 9.59 Å². The summed E-state index contributed by atoms with van der Waals surface area (Å²) in [5.41, 5.74) is 0.968. The largest absolute Gasteiger partial charge is 0.350 e. The lowest BCUT2D eigenvalue weighted by atomic mass is 10.1. The highest BCUT2D eigenvalue weighted by molar-refractivity contribution is 5.88. The minimum Gasteiger partial charge on any atom is -0.350 e. The first kappa shape index (κ1) is 12.1. The molecule has 1 aromatic rings. The molecule has 1 N–H and O–H groups in total. The zero-order valence-electron chi connectivity index (χ0n) is 10.9. The molecule has 2 amide bonds. The SMILES string of the molecule is CC(=O)N1CC2C[C@H]2C1C(=O)NCc1cccnc1. The molecule has 3 rings (SSSR count). The maximum absolute atomic E-state index is 12.2. The van der Waals surface area contributed by atoms with E-state index in [0.717, 1.165) is 18.5 Å². The number of amides is 2. The highest BCUT2D eigenvalue weighted by atomic mass is 16.2. The van der Waals surface area contributed by atoms with Gasteiger partial charge in [-0.3, -0.25) is 14.6 Å². The molecule has 2 fully saturated rings. The summed E-state index contributed by atoms with van der Waals surface area (Å²) >= 11 is 0. The number of carbonyl (C=O) groups excluding carboxylic acids is 2. The lowest BCUT2D eigenvalue weighted by molar-refractivity contribution is -0.138. The van der Waals surface area contributed by atoms with Crippen molar-refractivity contribution in [2.24, 2.45) is 11.8 Å². The van der Waals surface area contributed by atoms with Crippen LogP contribution in [0.15, 0.2) is 24.5 Å². The first-order valence-electron chi connectivity index (χ1n) is 6.60. The third-order valence-corrected chi connectivity index (χ3v) is 4.01. The van der Waals surface area contributed by atoms with Crippen molar-refractivity contribution in [3.8, 4) is 0 Å². The van der Waals surface area contributed by atoms with Gasteiger partial charge in [0, 0.05) is 32.4 Å². The van der Waals surface area contributed by atoms with E-state index in [0.29, 0.717) is 18.4 Å². The summed E-state index contributed by atoms with van der Waals surface area (Å²) in [4.78, 5) is 29.5. The lowest BCUT2D eigenvalue weighted by Gasteiger charge is -2.25. The summed E-state index contributed by atoms with van der Waals surface area (Å²) in [6.07, 6.45) is 4.51. The molecule has 0 bridgehead atoms. The quantitative estimate of drug-likeness (QED) is 0.863. The molecule has 3 atom stereocenters. The second-order valence-electron chi connectivity index (χ2n) is 5.35. The molecule has 0 spiro atoms. The monoisotopic (exact) mass is 259 g/mol. The second kappa shape index (κ2) is 4.64. The maximum Gasteiger partial charge on any atom is 0.243 e. The highest BCUT2D eigenvalue weighted by Gasteiger charge is 2.56. The molecule has 2 aliphatic rings. The van der Waals surface area contributed by atoms with Gasteiger partial charge in [0.15, 0.2) is 0 Å². The van der Waals surface area contributed by atoms with Crippen LogP contribution in [0.3, 0.4) is 0 Å². The minimum absolute atomic E-state index is 0.00581. The second-order valence-corrected chi connectivity index (χ2v) is 5.35. The van der Waals surface area contributed by atoms with Crippen molar-refractivity contribution in [1.82, 2.24) is 15.2 Å². The molecule has 5 heteroatoms. The Bertz CT molecular complexity index is 503. The number of rotatable bonds is 3. The number of fused-ring (bicyclic) bond motifs is 1. The molecule has 1 saturated heterocycles. The molecule has 1 saturated carbocycles. The number of nitrogens with zero attached hydrogens (tertiary/aromatic N) is 2. The van der Waals surface area contributed by atoms with Crippen molar-refractivity contribution in [3.05, 3.63) is 30.1 Å². The van der Waals surface area contributed by atoms with E-state index in [4.69, 9.17) is 0 Å². The molecule has 2 heterocycles. The van der Waals surface area contributed by atoms with Crippen molar-refractivity contribution in [2.75, 3.05) is 6.54 Å². The first-order chi connectivity index (χ1) is 9.16. The van der Waals surface area contributed by atoms with Gasteiger partial charge in [-0.1, -0.05) is 6.07 Å². The summed E-state index contributed by atoms with van der Waals surface area (Å²) in [5, 5.41) is 2.91. The molecule has 1 aliphatic carbocycles. The molecule has 0 aromatic carbocycles. The summed E-state index contributed by atoms with van der Waals surface area (Å²) in [6, 6.07) is 3.50. The fraction of sp³-hybridized carbons (Fsp3) is 0.500. The van der Waals surface area contributed by atoms with Gasteiger partial charge in [-0.05, 0) is 29.9 Å². The van der Waals surface area contributed by atoms with Crippen LogP contribution in [0.2, 0.25) is 0 Å². The van der Waals surface area contributed by atoms with Crippen LogP contribution in [-0.4, -0.2) is 34.3 Å². The van der Waals surface area contributed by atoms with Crippen molar-refractivity contribution < 1.29 is 9.59 Å². The molecule has 2 unspecified atom stereocenters. The molecular formula is C14H17N3O2. The normalized spacial score (nSPS) is 27.8. The number of hydrogen-bond donors (Lipinski definition) is 1. The van der Waals surface area contributed by atoms with Crippen LogP contribution in [0.4, 0.5) is 0 Å². The highest BCUT2D eigenvalue weighted by Crippen LogP contribution is 2.49. The topological polar surface area (TPSA) is 62.3 Å². The summed E-state index contributed by atoms with van der Waals surface area (Å²) < 4.78 is 0. The molecule has 1 aromatic heterocycles. The average Bonchev–Trinajstić information content (AvgIpc) is 3.07. The Kier molecular flexibility index (Phi) is 2.97. The van der Waals surface area contributed by atoms with Gasteiger partial charge in [0.2, 0.25) is 11.8 Å². The van der Waals surface area contributed by atoms with Crippen LogP contribution >= 0.6 is 0 Å². The number of pyridine rings is 1. The first-order valence-corrected chi connectivity index (χ1v) is 6.60. The van der Waals surface area contributed by atoms with E-state index in [1.165, 1.54) is 6.92 Å². The zero-order valence-corrected chi connectivity index (χ0v) is 10.9. The molecule has 0 radical (unpaired) electrons. The zero-order chi connectivity index (χ0) is 13.4. The summed E-state index contributed by atoms with van der Waals surface area (Å²) in [7, 11) is 0. The van der Waals surface area contributed by atoms with Gasteiger partial charge in [-0.2, -0.15) is 0 Å². The Morgan fingerprint density at radius 1 is 1.53 bits per heavy atom. The van der Waals surface area contributed by atoms with E-state index < -0.39 is 0 Å². The van der Waals surface area contributed by atoms with Gasteiger partial charge < -0.3 is 10.2 Å². The van der Waals surface area contributed by atoms with E-state index >= 15 is 0 Å². The van der Waals surface area contributed by atoms with Crippen molar-refractivity contribution in [2.45, 2.75) is 25.9 Å². The minimum atomic E-state index is -0.265. The van der Waals surface area contributed by atoms with Gasteiger partial charge in [-0.25, -0.2) is 0 Å². The molecule has 1 aliphatic heterocycles. The van der Waals surface area contributed by atoms with Crippen molar-refractivity contribution >= 4 is 11.8 Å². The van der Waals surface area contributed by atoms with Crippen LogP contribution in [0.25, 0.3) is 0 Å². The van der Waals surface area contributed by atoms with Crippen LogP contribution < -0.4 is 5.32 Å². The summed E-state index contributed by atoms with van der Waals surface area (Å²) in [6.45, 7) is 2.74. The molecule has 5 nitrogen and oxygen atoms in total. The fourth-order valence-corrected chi connectivity index (χ4v) is 2.92. The van der Waals surface area contributed by atoms with Gasteiger partial charge in [0.25, 0.3) is 0 Å². The van der Waals surface area contributed by atoms with E-state index in [2.05, 4.69) is 10.3 Å². The van der Waals surface area contributed by atoms with Crippen molar-refractivity contribution in [1.29, 1.82) is 0 Å². The van der Waals surface area contributed by atoms with Gasteiger partial charge in [0.1, 0.15) is 6.04 Å². The van der Waals surface area contributed by atoms with E-state index in [1.807, 2.05) is 12.1 Å². The predicted molar refractivity (Wildman–Crippen MR) is 68.9 cm³/mol. The molecular weight excluding hydrogens is 242 g/mol. The Hall–Kier alpha value is -1.91.